The first-order valence-electron chi connectivity index (χ1n) is 7.40. The van der Waals surface area contributed by atoms with E-state index < -0.39 is 0 Å². The van der Waals surface area contributed by atoms with Crippen molar-refractivity contribution in [3.63, 3.8) is 0 Å². The first-order chi connectivity index (χ1) is 9.13. The van der Waals surface area contributed by atoms with E-state index in [0.717, 1.165) is 38.9 Å². The van der Waals surface area contributed by atoms with Crippen LogP contribution in [0.3, 0.4) is 0 Å². The van der Waals surface area contributed by atoms with Crippen LogP contribution in [0.15, 0.2) is 0 Å². The van der Waals surface area contributed by atoms with E-state index in [2.05, 4.69) is 19.2 Å². The van der Waals surface area contributed by atoms with Gasteiger partial charge in [0.25, 0.3) is 0 Å². The number of carbonyl (C=O) groups is 1. The molecule has 2 amide bonds. The van der Waals surface area contributed by atoms with E-state index in [4.69, 9.17) is 9.47 Å². The molecule has 2 fully saturated rings. The van der Waals surface area contributed by atoms with E-state index in [0.29, 0.717) is 19.7 Å². The fourth-order valence-corrected chi connectivity index (χ4v) is 2.63. The molecule has 0 radical (unpaired) electrons. The first kappa shape index (κ1) is 14.6. The van der Waals surface area contributed by atoms with Crippen LogP contribution in [-0.4, -0.2) is 55.5 Å². The van der Waals surface area contributed by atoms with Gasteiger partial charge in [0, 0.05) is 25.8 Å². The molecule has 0 spiro atoms. The Labute approximate surface area is 115 Å². The molecule has 5 heteroatoms. The van der Waals surface area contributed by atoms with Gasteiger partial charge in [-0.1, -0.05) is 6.92 Å². The number of morpholine rings is 1. The zero-order valence-electron chi connectivity index (χ0n) is 12.1. The van der Waals surface area contributed by atoms with Crippen LogP contribution in [0.2, 0.25) is 0 Å². The summed E-state index contributed by atoms with van der Waals surface area (Å²) < 4.78 is 11.2. The maximum Gasteiger partial charge on any atom is 0.317 e. The summed E-state index contributed by atoms with van der Waals surface area (Å²) in [4.78, 5) is 14.2. The fourth-order valence-electron chi connectivity index (χ4n) is 2.63. The Kier molecular flexibility index (Phi) is 5.05. The van der Waals surface area contributed by atoms with Gasteiger partial charge in [0.05, 0.1) is 18.8 Å². The van der Waals surface area contributed by atoms with Crippen molar-refractivity contribution in [2.75, 3.05) is 32.9 Å². The molecule has 2 aliphatic rings. The molecule has 2 heterocycles. The third-order valence-electron chi connectivity index (χ3n) is 4.15. The van der Waals surface area contributed by atoms with E-state index in [1.54, 1.807) is 0 Å². The van der Waals surface area contributed by atoms with Gasteiger partial charge in [-0.05, 0) is 32.6 Å². The number of rotatable bonds is 2. The second-order valence-corrected chi connectivity index (χ2v) is 5.76. The maximum atomic E-state index is 12.3. The number of nitrogens with one attached hydrogen (secondary N) is 1. The number of amides is 2. The molecule has 0 aliphatic carbocycles. The van der Waals surface area contributed by atoms with Crippen LogP contribution in [0.4, 0.5) is 4.79 Å². The zero-order chi connectivity index (χ0) is 13.7. The van der Waals surface area contributed by atoms with Gasteiger partial charge < -0.3 is 19.7 Å². The largest absolute Gasteiger partial charge is 0.381 e. The van der Waals surface area contributed by atoms with Crippen LogP contribution >= 0.6 is 0 Å². The molecule has 5 nitrogen and oxygen atoms in total. The smallest absolute Gasteiger partial charge is 0.317 e. The van der Waals surface area contributed by atoms with Gasteiger partial charge in [-0.15, -0.1) is 0 Å². The van der Waals surface area contributed by atoms with Crippen LogP contribution in [-0.2, 0) is 9.47 Å². The van der Waals surface area contributed by atoms with Crippen molar-refractivity contribution in [3.8, 4) is 0 Å². The lowest BCUT2D eigenvalue weighted by atomic mass is 10.0. The first-order valence-corrected chi connectivity index (χ1v) is 7.40. The minimum Gasteiger partial charge on any atom is -0.381 e. The molecule has 2 rings (SSSR count). The molecule has 2 saturated heterocycles. The summed E-state index contributed by atoms with van der Waals surface area (Å²) in [5, 5.41) is 3.14. The van der Waals surface area contributed by atoms with E-state index in [9.17, 15) is 4.79 Å². The van der Waals surface area contributed by atoms with E-state index in [-0.39, 0.29) is 17.7 Å². The lowest BCUT2D eigenvalue weighted by Gasteiger charge is -2.40. The topological polar surface area (TPSA) is 50.8 Å². The van der Waals surface area contributed by atoms with Crippen molar-refractivity contribution in [1.82, 2.24) is 10.2 Å². The zero-order valence-corrected chi connectivity index (χ0v) is 12.1. The summed E-state index contributed by atoms with van der Waals surface area (Å²) in [6.45, 7) is 7.74. The van der Waals surface area contributed by atoms with Gasteiger partial charge in [-0.2, -0.15) is 0 Å². The normalized spacial score (nSPS) is 32.7. The summed E-state index contributed by atoms with van der Waals surface area (Å²) >= 11 is 0. The molecule has 0 aromatic rings. The molecular formula is C14H26N2O3. The average molecular weight is 270 g/mol. The number of nitrogens with zero attached hydrogens (tertiary/aromatic N) is 1. The van der Waals surface area contributed by atoms with E-state index in [1.165, 1.54) is 0 Å². The standard InChI is InChI=1S/C14H26N2O3/c1-3-14(2)11-16(7-10-19-14)13(17)15-12-5-4-8-18-9-6-12/h12H,3-11H2,1-2H3,(H,15,17)/t12-,14-/m0/s1. The molecule has 0 aromatic carbocycles. The Morgan fingerprint density at radius 3 is 3.00 bits per heavy atom. The van der Waals surface area contributed by atoms with Gasteiger partial charge in [-0.25, -0.2) is 4.79 Å². The van der Waals surface area contributed by atoms with Gasteiger partial charge in [-0.3, -0.25) is 0 Å². The van der Waals surface area contributed by atoms with Crippen LogP contribution in [0.1, 0.15) is 39.5 Å². The highest BCUT2D eigenvalue weighted by Crippen LogP contribution is 2.21. The Morgan fingerprint density at radius 2 is 2.21 bits per heavy atom. The second kappa shape index (κ2) is 6.57. The lowest BCUT2D eigenvalue weighted by molar-refractivity contribution is -0.0874. The number of ether oxygens (including phenoxy) is 2. The monoisotopic (exact) mass is 270 g/mol. The van der Waals surface area contributed by atoms with Gasteiger partial charge in [0.15, 0.2) is 0 Å². The Balaban J connectivity index is 1.84. The van der Waals surface area contributed by atoms with Gasteiger partial charge in [0.1, 0.15) is 0 Å². The Hall–Kier alpha value is -0.810. The molecule has 0 bridgehead atoms. The third kappa shape index (κ3) is 4.08. The molecule has 2 atom stereocenters. The highest BCUT2D eigenvalue weighted by Gasteiger charge is 2.33. The molecule has 2 aliphatic heterocycles. The molecule has 1 N–H and O–H groups in total. The summed E-state index contributed by atoms with van der Waals surface area (Å²) in [7, 11) is 0. The van der Waals surface area contributed by atoms with Gasteiger partial charge >= 0.3 is 6.03 Å². The van der Waals surface area contributed by atoms with Crippen LogP contribution in [0.5, 0.6) is 0 Å². The number of carbonyl (C=O) groups excluding carboxylic acids is 1. The molecule has 0 saturated carbocycles. The summed E-state index contributed by atoms with van der Waals surface area (Å²) in [6.07, 6.45) is 3.89. The number of hydrogen-bond donors (Lipinski definition) is 1. The quantitative estimate of drug-likeness (QED) is 0.832. The van der Waals surface area contributed by atoms with Crippen molar-refractivity contribution < 1.29 is 14.3 Å². The molecule has 19 heavy (non-hydrogen) atoms. The molecule has 110 valence electrons. The third-order valence-corrected chi connectivity index (χ3v) is 4.15. The van der Waals surface area contributed by atoms with Crippen LogP contribution in [0.25, 0.3) is 0 Å². The minimum atomic E-state index is -0.192. The van der Waals surface area contributed by atoms with Crippen molar-refractivity contribution >= 4 is 6.03 Å². The van der Waals surface area contributed by atoms with Crippen molar-refractivity contribution in [3.05, 3.63) is 0 Å². The lowest BCUT2D eigenvalue weighted by Crippen LogP contribution is -2.55. The van der Waals surface area contributed by atoms with Gasteiger partial charge in [0.2, 0.25) is 0 Å². The average Bonchev–Trinajstić information content (AvgIpc) is 2.67. The number of urea groups is 1. The van der Waals surface area contributed by atoms with Crippen LogP contribution < -0.4 is 5.32 Å². The van der Waals surface area contributed by atoms with Crippen molar-refractivity contribution in [2.45, 2.75) is 51.2 Å². The predicted octanol–water partition coefficient (Wildman–Crippen LogP) is 1.77. The minimum absolute atomic E-state index is 0.0508. The summed E-state index contributed by atoms with van der Waals surface area (Å²) in [6, 6.07) is 0.306. The van der Waals surface area contributed by atoms with Crippen LogP contribution in [0, 0.1) is 0 Å². The highest BCUT2D eigenvalue weighted by molar-refractivity contribution is 5.74. The second-order valence-electron chi connectivity index (χ2n) is 5.76. The summed E-state index contributed by atoms with van der Waals surface area (Å²) in [5.74, 6) is 0. The summed E-state index contributed by atoms with van der Waals surface area (Å²) in [5.41, 5.74) is -0.192. The van der Waals surface area contributed by atoms with Crippen molar-refractivity contribution in [1.29, 1.82) is 0 Å². The Morgan fingerprint density at radius 1 is 1.37 bits per heavy atom. The number of hydrogen-bond acceptors (Lipinski definition) is 3. The maximum absolute atomic E-state index is 12.3. The highest BCUT2D eigenvalue weighted by atomic mass is 16.5. The Bertz CT molecular complexity index is 303. The molecular weight excluding hydrogens is 244 g/mol. The molecule has 0 aromatic heterocycles. The van der Waals surface area contributed by atoms with E-state index >= 15 is 0 Å². The predicted molar refractivity (Wildman–Crippen MR) is 73.2 cm³/mol. The SMILES string of the molecule is CC[C@@]1(C)CN(C(=O)N[C@H]2CCCOCC2)CCO1. The van der Waals surface area contributed by atoms with Crippen molar-refractivity contribution in [2.24, 2.45) is 0 Å². The molecule has 0 unspecified atom stereocenters. The van der Waals surface area contributed by atoms with E-state index in [1.807, 2.05) is 4.90 Å². The fraction of sp³-hybridized carbons (Fsp3) is 0.929.